The van der Waals surface area contributed by atoms with E-state index in [-0.39, 0.29) is 17.5 Å². The van der Waals surface area contributed by atoms with Gasteiger partial charge in [-0.15, -0.1) is 0 Å². The van der Waals surface area contributed by atoms with Crippen LogP contribution in [-0.4, -0.2) is 37.9 Å². The molecule has 0 saturated heterocycles. The average molecular weight is 283 g/mol. The zero-order valence-electron chi connectivity index (χ0n) is 12.5. The molecule has 1 aliphatic rings. The van der Waals surface area contributed by atoms with Crippen molar-refractivity contribution in [2.45, 2.75) is 38.9 Å². The summed E-state index contributed by atoms with van der Waals surface area (Å²) in [5.41, 5.74) is -0.256. The second kappa shape index (κ2) is 6.56. The summed E-state index contributed by atoms with van der Waals surface area (Å²) in [7, 11) is 2.81. The second-order valence-corrected chi connectivity index (χ2v) is 5.33. The van der Waals surface area contributed by atoms with Gasteiger partial charge >= 0.3 is 11.9 Å². The first-order valence-electron chi connectivity index (χ1n) is 6.30. The molecule has 1 rings (SSSR count). The van der Waals surface area contributed by atoms with E-state index in [0.29, 0.717) is 6.42 Å². The first-order chi connectivity index (χ1) is 9.26. The van der Waals surface area contributed by atoms with Gasteiger partial charge in [-0.25, -0.2) is 9.59 Å². The number of carbonyl (C=O) groups excluding carboxylic acids is 2. The third-order valence-corrected chi connectivity index (χ3v) is 2.50. The minimum Gasteiger partial charge on any atom is -0.464 e. The summed E-state index contributed by atoms with van der Waals surface area (Å²) in [4.78, 5) is 23.7. The van der Waals surface area contributed by atoms with Crippen LogP contribution >= 0.6 is 0 Å². The lowest BCUT2D eigenvalue weighted by atomic mass is 10.2. The molecule has 0 radical (unpaired) electrons. The van der Waals surface area contributed by atoms with Gasteiger partial charge in [-0.1, -0.05) is 6.08 Å². The molecule has 0 amide bonds. The van der Waals surface area contributed by atoms with Crippen LogP contribution < -0.4 is 5.32 Å². The van der Waals surface area contributed by atoms with E-state index in [1.807, 2.05) is 0 Å². The molecule has 0 spiro atoms. The van der Waals surface area contributed by atoms with E-state index < -0.39 is 17.5 Å². The molecule has 6 heteroatoms. The number of nitrogens with one attached hydrogen (secondary N) is 1. The molecule has 1 unspecified atom stereocenters. The SMILES string of the molecule is COC(=O)C1=CCC(OC)C=C(C(=O)OC(C)(C)C)N1. The number of carbonyl (C=O) groups is 2. The maximum atomic E-state index is 12.1. The molecule has 20 heavy (non-hydrogen) atoms. The smallest absolute Gasteiger partial charge is 0.355 e. The van der Waals surface area contributed by atoms with Gasteiger partial charge in [-0.2, -0.15) is 0 Å². The molecule has 0 aromatic carbocycles. The Kier molecular flexibility index (Phi) is 5.33. The Balaban J connectivity index is 2.97. The van der Waals surface area contributed by atoms with Crippen LogP contribution in [0.2, 0.25) is 0 Å². The molecule has 6 nitrogen and oxygen atoms in total. The lowest BCUT2D eigenvalue weighted by Gasteiger charge is -2.21. The van der Waals surface area contributed by atoms with Crippen LogP contribution in [0.3, 0.4) is 0 Å². The predicted octanol–water partition coefficient (Wildman–Crippen LogP) is 1.28. The zero-order chi connectivity index (χ0) is 15.3. The number of esters is 2. The summed E-state index contributed by atoms with van der Waals surface area (Å²) < 4.78 is 15.2. The van der Waals surface area contributed by atoms with E-state index in [2.05, 4.69) is 10.1 Å². The Hall–Kier alpha value is -1.82. The molecule has 1 heterocycles. The highest BCUT2D eigenvalue weighted by atomic mass is 16.6. The number of ether oxygens (including phenoxy) is 3. The van der Waals surface area contributed by atoms with Crippen LogP contribution in [0.25, 0.3) is 0 Å². The molecule has 1 N–H and O–H groups in total. The fraction of sp³-hybridized carbons (Fsp3) is 0.571. The second-order valence-electron chi connectivity index (χ2n) is 5.33. The molecule has 1 atom stereocenters. The van der Waals surface area contributed by atoms with Crippen molar-refractivity contribution < 1.29 is 23.8 Å². The Labute approximate surface area is 118 Å². The van der Waals surface area contributed by atoms with Crippen LogP contribution in [0, 0.1) is 0 Å². The number of methoxy groups -OCH3 is 2. The molecular weight excluding hydrogens is 262 g/mol. The topological polar surface area (TPSA) is 73.9 Å². The lowest BCUT2D eigenvalue weighted by Crippen LogP contribution is -2.31. The van der Waals surface area contributed by atoms with E-state index in [9.17, 15) is 9.59 Å². The molecule has 0 fully saturated rings. The Morgan fingerprint density at radius 3 is 2.35 bits per heavy atom. The van der Waals surface area contributed by atoms with E-state index in [1.165, 1.54) is 14.2 Å². The quantitative estimate of drug-likeness (QED) is 0.786. The molecule has 1 aliphatic heterocycles. The zero-order valence-corrected chi connectivity index (χ0v) is 12.5. The van der Waals surface area contributed by atoms with Crippen molar-refractivity contribution in [2.24, 2.45) is 0 Å². The van der Waals surface area contributed by atoms with Gasteiger partial charge in [0.1, 0.15) is 17.0 Å². The van der Waals surface area contributed by atoms with Gasteiger partial charge in [0.2, 0.25) is 0 Å². The van der Waals surface area contributed by atoms with Crippen molar-refractivity contribution in [3.05, 3.63) is 23.5 Å². The van der Waals surface area contributed by atoms with Gasteiger partial charge in [0, 0.05) is 7.11 Å². The average Bonchev–Trinajstić information content (AvgIpc) is 2.58. The van der Waals surface area contributed by atoms with Crippen molar-refractivity contribution in [2.75, 3.05) is 14.2 Å². The molecule has 112 valence electrons. The molecule has 0 bridgehead atoms. The summed E-state index contributed by atoms with van der Waals surface area (Å²) in [6, 6.07) is 0. The summed E-state index contributed by atoms with van der Waals surface area (Å²) in [5.74, 6) is -1.09. The highest BCUT2D eigenvalue weighted by Crippen LogP contribution is 2.16. The summed E-state index contributed by atoms with van der Waals surface area (Å²) in [5, 5.41) is 2.75. The predicted molar refractivity (Wildman–Crippen MR) is 72.6 cm³/mol. The third kappa shape index (κ3) is 4.70. The van der Waals surface area contributed by atoms with Crippen molar-refractivity contribution in [1.82, 2.24) is 5.32 Å². The lowest BCUT2D eigenvalue weighted by molar-refractivity contribution is -0.150. The van der Waals surface area contributed by atoms with Crippen LogP contribution in [0.4, 0.5) is 0 Å². The van der Waals surface area contributed by atoms with Crippen molar-refractivity contribution in [3.8, 4) is 0 Å². The van der Waals surface area contributed by atoms with E-state index in [4.69, 9.17) is 9.47 Å². The van der Waals surface area contributed by atoms with Crippen LogP contribution in [-0.2, 0) is 23.8 Å². The van der Waals surface area contributed by atoms with Gasteiger partial charge in [0.05, 0.1) is 13.2 Å². The Morgan fingerprint density at radius 1 is 1.20 bits per heavy atom. The van der Waals surface area contributed by atoms with E-state index >= 15 is 0 Å². The van der Waals surface area contributed by atoms with Crippen LogP contribution in [0.5, 0.6) is 0 Å². The van der Waals surface area contributed by atoms with E-state index in [1.54, 1.807) is 32.9 Å². The molecule has 0 aromatic heterocycles. The summed E-state index contributed by atoms with van der Waals surface area (Å²) in [6.45, 7) is 5.31. The van der Waals surface area contributed by atoms with Gasteiger partial charge < -0.3 is 19.5 Å². The maximum absolute atomic E-state index is 12.1. The molecule has 0 aliphatic carbocycles. The van der Waals surface area contributed by atoms with Crippen molar-refractivity contribution >= 4 is 11.9 Å². The Bertz CT molecular complexity index is 445. The minimum atomic E-state index is -0.621. The Morgan fingerprint density at radius 2 is 1.85 bits per heavy atom. The normalized spacial score (nSPS) is 19.1. The molecule has 0 saturated carbocycles. The van der Waals surface area contributed by atoms with Gasteiger partial charge in [-0.05, 0) is 33.3 Å². The fourth-order valence-corrected chi connectivity index (χ4v) is 1.59. The fourth-order valence-electron chi connectivity index (χ4n) is 1.59. The van der Waals surface area contributed by atoms with E-state index in [0.717, 1.165) is 0 Å². The number of rotatable bonds is 3. The van der Waals surface area contributed by atoms with Gasteiger partial charge in [0.15, 0.2) is 0 Å². The molecule has 0 aromatic rings. The third-order valence-electron chi connectivity index (χ3n) is 2.50. The summed E-state index contributed by atoms with van der Waals surface area (Å²) >= 11 is 0. The minimum absolute atomic E-state index is 0.168. The largest absolute Gasteiger partial charge is 0.464 e. The highest BCUT2D eigenvalue weighted by Gasteiger charge is 2.25. The standard InChI is InChI=1S/C14H21NO5/c1-14(2,3)20-13(17)11-8-9(18-4)6-7-10(15-11)12(16)19-5/h7-9,15H,6H2,1-5H3. The monoisotopic (exact) mass is 283 g/mol. The maximum Gasteiger partial charge on any atom is 0.355 e. The van der Waals surface area contributed by atoms with Crippen LogP contribution in [0.1, 0.15) is 27.2 Å². The van der Waals surface area contributed by atoms with Crippen LogP contribution in [0.15, 0.2) is 23.5 Å². The first-order valence-corrected chi connectivity index (χ1v) is 6.30. The van der Waals surface area contributed by atoms with Gasteiger partial charge in [0.25, 0.3) is 0 Å². The number of hydrogen-bond donors (Lipinski definition) is 1. The van der Waals surface area contributed by atoms with Gasteiger partial charge in [-0.3, -0.25) is 0 Å². The molecular formula is C14H21NO5. The highest BCUT2D eigenvalue weighted by molar-refractivity contribution is 5.94. The first kappa shape index (κ1) is 16.2. The number of hydrogen-bond acceptors (Lipinski definition) is 6. The van der Waals surface area contributed by atoms with Crippen molar-refractivity contribution in [1.29, 1.82) is 0 Å². The van der Waals surface area contributed by atoms with Crippen molar-refractivity contribution in [3.63, 3.8) is 0 Å². The summed E-state index contributed by atoms with van der Waals surface area (Å²) in [6.07, 6.45) is 3.38.